The van der Waals surface area contributed by atoms with Gasteiger partial charge < -0.3 is 5.32 Å². The summed E-state index contributed by atoms with van der Waals surface area (Å²) in [7, 11) is 0. The number of nitrogens with one attached hydrogen (secondary N) is 1. The Morgan fingerprint density at radius 3 is 2.65 bits per heavy atom. The minimum Gasteiger partial charge on any atom is -0.349 e. The SMILES string of the molecule is CCC(C)CC(C)NC(=O)c1cc(C)c(Br)s1. The van der Waals surface area contributed by atoms with E-state index < -0.39 is 0 Å². The van der Waals surface area contributed by atoms with Gasteiger partial charge in [-0.1, -0.05) is 20.3 Å². The van der Waals surface area contributed by atoms with Gasteiger partial charge in [0.25, 0.3) is 5.91 Å². The van der Waals surface area contributed by atoms with Crippen LogP contribution in [0.25, 0.3) is 0 Å². The number of hydrogen-bond acceptors (Lipinski definition) is 2. The highest BCUT2D eigenvalue weighted by molar-refractivity contribution is 9.11. The second kappa shape index (κ2) is 6.55. The van der Waals surface area contributed by atoms with Crippen molar-refractivity contribution < 1.29 is 4.79 Å². The fraction of sp³-hybridized carbons (Fsp3) is 0.615. The molecule has 0 saturated carbocycles. The summed E-state index contributed by atoms with van der Waals surface area (Å²) in [6.45, 7) is 8.47. The predicted molar refractivity (Wildman–Crippen MR) is 77.8 cm³/mol. The van der Waals surface area contributed by atoms with Crippen molar-refractivity contribution in [2.24, 2.45) is 5.92 Å². The van der Waals surface area contributed by atoms with Crippen molar-refractivity contribution in [3.05, 3.63) is 20.3 Å². The number of halogens is 1. The predicted octanol–water partition coefficient (Wildman–Crippen LogP) is 4.37. The largest absolute Gasteiger partial charge is 0.349 e. The Morgan fingerprint density at radius 2 is 2.18 bits per heavy atom. The zero-order valence-electron chi connectivity index (χ0n) is 10.8. The van der Waals surface area contributed by atoms with Crippen molar-refractivity contribution in [3.63, 3.8) is 0 Å². The maximum absolute atomic E-state index is 12.0. The summed E-state index contributed by atoms with van der Waals surface area (Å²) in [5.41, 5.74) is 1.12. The Morgan fingerprint density at radius 1 is 1.53 bits per heavy atom. The van der Waals surface area contributed by atoms with Crippen molar-refractivity contribution in [2.75, 3.05) is 0 Å². The Hall–Kier alpha value is -0.350. The normalized spacial score (nSPS) is 14.4. The topological polar surface area (TPSA) is 29.1 Å². The molecule has 0 aromatic carbocycles. The van der Waals surface area contributed by atoms with Crippen molar-refractivity contribution >= 4 is 33.2 Å². The van der Waals surface area contributed by atoms with Gasteiger partial charge in [0.1, 0.15) is 0 Å². The Labute approximate surface area is 116 Å². The van der Waals surface area contributed by atoms with Crippen LogP contribution in [-0.4, -0.2) is 11.9 Å². The summed E-state index contributed by atoms with van der Waals surface area (Å²) >= 11 is 4.93. The van der Waals surface area contributed by atoms with E-state index in [1.165, 1.54) is 11.3 Å². The Bertz CT molecular complexity index is 369. The molecule has 0 aliphatic carbocycles. The first-order valence-corrected chi connectivity index (χ1v) is 7.61. The van der Waals surface area contributed by atoms with Gasteiger partial charge in [0, 0.05) is 6.04 Å². The highest BCUT2D eigenvalue weighted by Crippen LogP contribution is 2.27. The van der Waals surface area contributed by atoms with Gasteiger partial charge in [0.2, 0.25) is 0 Å². The van der Waals surface area contributed by atoms with E-state index in [0.29, 0.717) is 5.92 Å². The molecule has 0 bridgehead atoms. The molecule has 2 unspecified atom stereocenters. The molecule has 2 atom stereocenters. The quantitative estimate of drug-likeness (QED) is 0.858. The minimum absolute atomic E-state index is 0.0413. The molecule has 1 rings (SSSR count). The van der Waals surface area contributed by atoms with Gasteiger partial charge in [-0.3, -0.25) is 4.79 Å². The molecule has 1 heterocycles. The monoisotopic (exact) mass is 317 g/mol. The fourth-order valence-corrected chi connectivity index (χ4v) is 3.13. The minimum atomic E-state index is 0.0413. The molecular formula is C13H20BrNOS. The van der Waals surface area contributed by atoms with Crippen molar-refractivity contribution in [1.82, 2.24) is 5.32 Å². The van der Waals surface area contributed by atoms with Gasteiger partial charge in [-0.2, -0.15) is 0 Å². The van der Waals surface area contributed by atoms with Crippen LogP contribution < -0.4 is 5.32 Å². The van der Waals surface area contributed by atoms with Crippen LogP contribution in [0.3, 0.4) is 0 Å². The molecule has 1 aromatic rings. The Kier molecular flexibility index (Phi) is 5.67. The van der Waals surface area contributed by atoms with Crippen LogP contribution in [0.15, 0.2) is 9.85 Å². The van der Waals surface area contributed by atoms with Crippen LogP contribution in [0, 0.1) is 12.8 Å². The first kappa shape index (κ1) is 14.7. The summed E-state index contributed by atoms with van der Waals surface area (Å²) < 4.78 is 1.04. The zero-order chi connectivity index (χ0) is 13.0. The third-order valence-corrected chi connectivity index (χ3v) is 5.05. The lowest BCUT2D eigenvalue weighted by Crippen LogP contribution is -2.33. The lowest BCUT2D eigenvalue weighted by atomic mass is 10.0. The maximum atomic E-state index is 12.0. The molecule has 0 aliphatic rings. The standard InChI is InChI=1S/C13H20BrNOS/c1-5-8(2)6-10(4)15-13(16)11-7-9(3)12(14)17-11/h7-8,10H,5-6H2,1-4H3,(H,15,16). The van der Waals surface area contributed by atoms with E-state index in [4.69, 9.17) is 0 Å². The third-order valence-electron chi connectivity index (χ3n) is 2.91. The first-order valence-electron chi connectivity index (χ1n) is 6.00. The second-order valence-corrected chi connectivity index (χ2v) is 7.06. The summed E-state index contributed by atoms with van der Waals surface area (Å²) in [5.74, 6) is 0.696. The summed E-state index contributed by atoms with van der Waals surface area (Å²) in [5, 5.41) is 3.05. The highest BCUT2D eigenvalue weighted by atomic mass is 79.9. The number of carbonyl (C=O) groups is 1. The van der Waals surface area contributed by atoms with E-state index in [-0.39, 0.29) is 11.9 Å². The van der Waals surface area contributed by atoms with Crippen LogP contribution in [0.5, 0.6) is 0 Å². The van der Waals surface area contributed by atoms with Gasteiger partial charge in [-0.15, -0.1) is 11.3 Å². The average molecular weight is 318 g/mol. The number of hydrogen-bond donors (Lipinski definition) is 1. The van der Waals surface area contributed by atoms with E-state index >= 15 is 0 Å². The van der Waals surface area contributed by atoms with E-state index in [1.54, 1.807) is 0 Å². The van der Waals surface area contributed by atoms with Crippen LogP contribution in [0.1, 0.15) is 48.8 Å². The van der Waals surface area contributed by atoms with Gasteiger partial charge >= 0.3 is 0 Å². The van der Waals surface area contributed by atoms with Gasteiger partial charge in [0.05, 0.1) is 8.66 Å². The second-order valence-electron chi connectivity index (χ2n) is 4.69. The summed E-state index contributed by atoms with van der Waals surface area (Å²) in [6.07, 6.45) is 2.19. The molecule has 1 aromatic heterocycles. The van der Waals surface area contributed by atoms with Gasteiger partial charge in [0.15, 0.2) is 0 Å². The highest BCUT2D eigenvalue weighted by Gasteiger charge is 2.14. The zero-order valence-corrected chi connectivity index (χ0v) is 13.2. The molecule has 0 radical (unpaired) electrons. The molecule has 96 valence electrons. The molecular weight excluding hydrogens is 298 g/mol. The molecule has 0 aliphatic heterocycles. The van der Waals surface area contributed by atoms with E-state index in [1.807, 2.05) is 13.0 Å². The number of carbonyl (C=O) groups excluding carboxylic acids is 1. The van der Waals surface area contributed by atoms with Crippen molar-refractivity contribution in [1.29, 1.82) is 0 Å². The molecule has 1 amide bonds. The summed E-state index contributed by atoms with van der Waals surface area (Å²) in [4.78, 5) is 12.8. The van der Waals surface area contributed by atoms with Crippen LogP contribution in [0.4, 0.5) is 0 Å². The van der Waals surface area contributed by atoms with Gasteiger partial charge in [-0.05, 0) is 53.7 Å². The molecule has 2 nitrogen and oxygen atoms in total. The van der Waals surface area contributed by atoms with Crippen molar-refractivity contribution in [2.45, 2.75) is 46.6 Å². The smallest absolute Gasteiger partial charge is 0.261 e. The van der Waals surface area contributed by atoms with Gasteiger partial charge in [-0.25, -0.2) is 0 Å². The Balaban J connectivity index is 2.54. The maximum Gasteiger partial charge on any atom is 0.261 e. The first-order chi connectivity index (χ1) is 7.93. The number of aryl methyl sites for hydroxylation is 1. The van der Waals surface area contributed by atoms with Crippen molar-refractivity contribution in [3.8, 4) is 0 Å². The number of amides is 1. The third kappa shape index (κ3) is 4.43. The lowest BCUT2D eigenvalue weighted by molar-refractivity contribution is 0.0939. The van der Waals surface area contributed by atoms with Crippen LogP contribution in [-0.2, 0) is 0 Å². The molecule has 17 heavy (non-hydrogen) atoms. The summed E-state index contributed by atoms with van der Waals surface area (Å²) in [6, 6.07) is 2.17. The van der Waals surface area contributed by atoms with E-state index in [9.17, 15) is 4.79 Å². The molecule has 4 heteroatoms. The van der Waals surface area contributed by atoms with E-state index in [2.05, 4.69) is 42.0 Å². The van der Waals surface area contributed by atoms with Crippen LogP contribution in [0.2, 0.25) is 0 Å². The molecule has 0 fully saturated rings. The molecule has 1 N–H and O–H groups in total. The average Bonchev–Trinajstić information content (AvgIpc) is 2.59. The lowest BCUT2D eigenvalue weighted by Gasteiger charge is -2.16. The molecule has 0 saturated heterocycles. The number of rotatable bonds is 5. The molecule has 0 spiro atoms. The number of thiophene rings is 1. The fourth-order valence-electron chi connectivity index (χ4n) is 1.70. The van der Waals surface area contributed by atoms with E-state index in [0.717, 1.165) is 27.1 Å². The van der Waals surface area contributed by atoms with Crippen LogP contribution >= 0.6 is 27.3 Å².